The number of nitrogens with one attached hydrogen (secondary N) is 2. The van der Waals surface area contributed by atoms with Crippen molar-refractivity contribution in [1.82, 2.24) is 40.2 Å². The van der Waals surface area contributed by atoms with Gasteiger partial charge >= 0.3 is 6.03 Å². The lowest BCUT2D eigenvalue weighted by atomic mass is 9.90. The quantitative estimate of drug-likeness (QED) is 0.318. The van der Waals surface area contributed by atoms with Gasteiger partial charge in [0.15, 0.2) is 5.65 Å². The fourth-order valence-corrected chi connectivity index (χ4v) is 6.00. The summed E-state index contributed by atoms with van der Waals surface area (Å²) in [6, 6.07) is 20.8. The number of amides is 2. The first-order chi connectivity index (χ1) is 20.5. The molecule has 1 saturated heterocycles. The number of piperazine rings is 1. The summed E-state index contributed by atoms with van der Waals surface area (Å²) >= 11 is 0. The van der Waals surface area contributed by atoms with Gasteiger partial charge in [0.25, 0.3) is 0 Å². The smallest absolute Gasteiger partial charge is 0.315 e. The number of anilines is 1. The number of nitrogens with two attached hydrogens (primary N) is 1. The molecule has 0 spiro atoms. The second kappa shape index (κ2) is 14.2. The molecule has 0 bridgehead atoms. The van der Waals surface area contributed by atoms with E-state index in [2.05, 4.69) is 47.2 Å². The van der Waals surface area contributed by atoms with Crippen LogP contribution in [-0.2, 0) is 0 Å². The lowest BCUT2D eigenvalue weighted by Crippen LogP contribution is -2.49. The molecule has 1 aliphatic carbocycles. The molecule has 0 radical (unpaired) electrons. The molecule has 0 atom stereocenters. The zero-order chi connectivity index (χ0) is 29.3. The van der Waals surface area contributed by atoms with E-state index >= 15 is 0 Å². The first kappa shape index (κ1) is 29.5. The van der Waals surface area contributed by atoms with Crippen LogP contribution < -0.4 is 16.4 Å². The number of aromatic nitrogens is 4. The standard InChI is InChI=1S/C16H25N7.C16H18N2O/c1-21-6-8-22(9-7-21)12-2-4-13(5-3-12)23-16-14(10-20-23)15(17)18-11-19-16;1-2-17-16(19)18-15(13-9-5-3-6-10-13)14-11-7-4-8-12-14/h10-13H,2-9H2,1H3,(H2,17,18,19);3-12,15H,2H2,1H3,(H2,17,18,19). The largest absolute Gasteiger partial charge is 0.383 e. The van der Waals surface area contributed by atoms with Gasteiger partial charge in [0.1, 0.15) is 12.1 Å². The number of carbonyl (C=O) groups is 1. The van der Waals surface area contributed by atoms with Crippen LogP contribution in [0.25, 0.3) is 11.0 Å². The van der Waals surface area contributed by atoms with Crippen LogP contribution >= 0.6 is 0 Å². The summed E-state index contributed by atoms with van der Waals surface area (Å²) in [6.07, 6.45) is 8.16. The number of carbonyl (C=O) groups excluding carboxylic acids is 1. The Labute approximate surface area is 248 Å². The third-order valence-electron chi connectivity index (χ3n) is 8.37. The van der Waals surface area contributed by atoms with E-state index in [4.69, 9.17) is 5.73 Å². The molecule has 2 fully saturated rings. The van der Waals surface area contributed by atoms with E-state index in [1.807, 2.05) is 67.6 Å². The van der Waals surface area contributed by atoms with Crippen molar-refractivity contribution in [1.29, 1.82) is 0 Å². The minimum Gasteiger partial charge on any atom is -0.383 e. The molecular weight excluding hydrogens is 526 g/mol. The molecule has 222 valence electrons. The summed E-state index contributed by atoms with van der Waals surface area (Å²) in [5.41, 5.74) is 8.93. The lowest BCUT2D eigenvalue weighted by molar-refractivity contribution is 0.0815. The Morgan fingerprint density at radius 2 is 1.50 bits per heavy atom. The molecule has 4 aromatic rings. The second-order valence-corrected chi connectivity index (χ2v) is 11.1. The number of likely N-dealkylation sites (N-methyl/N-ethyl adjacent to an activating group) is 1. The van der Waals surface area contributed by atoms with Gasteiger partial charge in [0.2, 0.25) is 0 Å². The van der Waals surface area contributed by atoms with Gasteiger partial charge in [-0.2, -0.15) is 5.10 Å². The molecule has 10 nitrogen and oxygen atoms in total. The fraction of sp³-hybridized carbons (Fsp3) is 0.438. The Morgan fingerprint density at radius 3 is 2.10 bits per heavy atom. The van der Waals surface area contributed by atoms with Crippen LogP contribution in [0.2, 0.25) is 0 Å². The number of nitrogen functional groups attached to an aromatic ring is 1. The van der Waals surface area contributed by atoms with Crippen LogP contribution in [0.3, 0.4) is 0 Å². The Bertz CT molecular complexity index is 1360. The number of urea groups is 1. The van der Waals surface area contributed by atoms with Gasteiger partial charge in [-0.05, 0) is 50.8 Å². The van der Waals surface area contributed by atoms with Gasteiger partial charge in [-0.15, -0.1) is 0 Å². The maximum Gasteiger partial charge on any atom is 0.315 e. The van der Waals surface area contributed by atoms with Crippen LogP contribution in [0, 0.1) is 0 Å². The van der Waals surface area contributed by atoms with Crippen LogP contribution in [-0.4, -0.2) is 81.4 Å². The van der Waals surface area contributed by atoms with Crippen LogP contribution in [0.1, 0.15) is 55.8 Å². The second-order valence-electron chi connectivity index (χ2n) is 11.1. The number of hydrogen-bond donors (Lipinski definition) is 3. The molecule has 2 amide bonds. The number of fused-ring (bicyclic) bond motifs is 1. The summed E-state index contributed by atoms with van der Waals surface area (Å²) in [5.74, 6) is 0.521. The van der Waals surface area contributed by atoms with Crippen LogP contribution in [0.5, 0.6) is 0 Å². The summed E-state index contributed by atoms with van der Waals surface area (Å²) < 4.78 is 2.06. The summed E-state index contributed by atoms with van der Waals surface area (Å²) in [7, 11) is 2.21. The minimum absolute atomic E-state index is 0.131. The highest BCUT2D eigenvalue weighted by molar-refractivity contribution is 5.84. The molecule has 42 heavy (non-hydrogen) atoms. The van der Waals surface area contributed by atoms with Gasteiger partial charge in [0, 0.05) is 38.8 Å². The third kappa shape index (κ3) is 7.24. The van der Waals surface area contributed by atoms with E-state index < -0.39 is 0 Å². The average molecular weight is 570 g/mol. The molecule has 10 heteroatoms. The molecule has 4 N–H and O–H groups in total. The van der Waals surface area contributed by atoms with Crippen molar-refractivity contribution in [2.75, 3.05) is 45.5 Å². The van der Waals surface area contributed by atoms with Crippen molar-refractivity contribution in [3.8, 4) is 0 Å². The maximum atomic E-state index is 11.8. The Balaban J connectivity index is 0.000000172. The van der Waals surface area contributed by atoms with Crippen molar-refractivity contribution >= 4 is 22.9 Å². The SMILES string of the molecule is CCNC(=O)NC(c1ccccc1)c1ccccc1.CN1CCN(C2CCC(n3ncc4c(N)ncnc43)CC2)CC1. The van der Waals surface area contributed by atoms with Crippen molar-refractivity contribution in [2.24, 2.45) is 0 Å². The third-order valence-corrected chi connectivity index (χ3v) is 8.37. The summed E-state index contributed by atoms with van der Waals surface area (Å²) in [6.45, 7) is 7.32. The van der Waals surface area contributed by atoms with E-state index in [0.717, 1.165) is 41.0 Å². The maximum absolute atomic E-state index is 11.8. The van der Waals surface area contributed by atoms with E-state index in [9.17, 15) is 4.79 Å². The predicted molar refractivity (Wildman–Crippen MR) is 167 cm³/mol. The molecule has 2 aromatic heterocycles. The van der Waals surface area contributed by atoms with E-state index in [1.165, 1.54) is 45.3 Å². The van der Waals surface area contributed by atoms with Crippen LogP contribution in [0.15, 0.2) is 73.2 Å². The zero-order valence-corrected chi connectivity index (χ0v) is 24.7. The van der Waals surface area contributed by atoms with Crippen LogP contribution in [0.4, 0.5) is 10.6 Å². The van der Waals surface area contributed by atoms with Crippen molar-refractivity contribution < 1.29 is 4.79 Å². The number of hydrogen-bond acceptors (Lipinski definition) is 7. The van der Waals surface area contributed by atoms with E-state index in [0.29, 0.717) is 18.4 Å². The number of benzene rings is 2. The van der Waals surface area contributed by atoms with Crippen molar-refractivity contribution in [3.63, 3.8) is 0 Å². The normalized spacial score (nSPS) is 19.7. The Morgan fingerprint density at radius 1 is 0.905 bits per heavy atom. The lowest BCUT2D eigenvalue weighted by Gasteiger charge is -2.41. The highest BCUT2D eigenvalue weighted by Crippen LogP contribution is 2.33. The topological polar surface area (TPSA) is 117 Å². The van der Waals surface area contributed by atoms with E-state index in [1.54, 1.807) is 6.20 Å². The van der Waals surface area contributed by atoms with Gasteiger partial charge in [-0.1, -0.05) is 60.7 Å². The molecule has 3 heterocycles. The highest BCUT2D eigenvalue weighted by Gasteiger charge is 2.29. The van der Waals surface area contributed by atoms with E-state index in [-0.39, 0.29) is 12.1 Å². The molecule has 0 unspecified atom stereocenters. The molecule has 6 rings (SSSR count). The Kier molecular flexibility index (Phi) is 9.99. The van der Waals surface area contributed by atoms with Crippen molar-refractivity contribution in [3.05, 3.63) is 84.3 Å². The van der Waals surface area contributed by atoms with Crippen molar-refractivity contribution in [2.45, 2.75) is 50.7 Å². The fourth-order valence-electron chi connectivity index (χ4n) is 6.00. The minimum atomic E-state index is -0.153. The molecule has 1 aliphatic heterocycles. The molecular formula is C32H43N9O. The Hall–Kier alpha value is -4.02. The zero-order valence-electron chi connectivity index (χ0n) is 24.7. The van der Waals surface area contributed by atoms with Gasteiger partial charge in [0.05, 0.1) is 23.7 Å². The van der Waals surface area contributed by atoms with Gasteiger partial charge in [-0.3, -0.25) is 4.90 Å². The van der Waals surface area contributed by atoms with Gasteiger partial charge in [-0.25, -0.2) is 19.4 Å². The molecule has 2 aromatic carbocycles. The summed E-state index contributed by atoms with van der Waals surface area (Å²) in [5, 5.41) is 11.2. The average Bonchev–Trinajstić information content (AvgIpc) is 3.47. The first-order valence-electron chi connectivity index (χ1n) is 15.0. The number of nitrogens with zero attached hydrogens (tertiary/aromatic N) is 6. The molecule has 1 saturated carbocycles. The van der Waals surface area contributed by atoms with Gasteiger partial charge < -0.3 is 21.3 Å². The summed E-state index contributed by atoms with van der Waals surface area (Å²) in [4.78, 5) is 25.3. The highest BCUT2D eigenvalue weighted by atomic mass is 16.2. The predicted octanol–water partition coefficient (Wildman–Crippen LogP) is 4.23. The monoisotopic (exact) mass is 569 g/mol. The first-order valence-corrected chi connectivity index (χ1v) is 15.0. The molecule has 2 aliphatic rings. The number of rotatable bonds is 6.